The number of anilines is 2. The van der Waals surface area contributed by atoms with E-state index in [4.69, 9.17) is 17.3 Å². The number of hydrogen-bond donors (Lipinski definition) is 2. The predicted octanol–water partition coefficient (Wildman–Crippen LogP) is 2.46. The van der Waals surface area contributed by atoms with E-state index in [-0.39, 0.29) is 24.4 Å². The third kappa shape index (κ3) is 4.24. The Labute approximate surface area is 145 Å². The van der Waals surface area contributed by atoms with Gasteiger partial charge in [-0.3, -0.25) is 4.79 Å². The Bertz CT molecular complexity index is 663. The van der Waals surface area contributed by atoms with Crippen molar-refractivity contribution in [1.82, 2.24) is 14.9 Å². The van der Waals surface area contributed by atoms with Crippen LogP contribution in [0.5, 0.6) is 0 Å². The fourth-order valence-electron chi connectivity index (χ4n) is 2.44. The molecule has 1 atom stereocenters. The minimum absolute atomic E-state index is 0. The maximum Gasteiger partial charge on any atom is 0.253 e. The van der Waals surface area contributed by atoms with Crippen LogP contribution in [0.2, 0.25) is 5.02 Å². The third-order valence-corrected chi connectivity index (χ3v) is 3.78. The molecular formula is C15H17Cl2N5O. The standard InChI is InChI=1S/C15H16ClN5O.ClH/c16-11-7-18-15(19-8-11)20-13-5-6-21(9-13)14(22)10-1-3-12(17)4-2-10;/h1-4,7-8,13H,5-6,9,17H2,(H,18,19,20);1H/t13-;/m0./s1. The fourth-order valence-corrected chi connectivity index (χ4v) is 2.54. The van der Waals surface area contributed by atoms with Crippen LogP contribution in [0.1, 0.15) is 16.8 Å². The van der Waals surface area contributed by atoms with Crippen LogP contribution in [0, 0.1) is 0 Å². The highest BCUT2D eigenvalue weighted by Crippen LogP contribution is 2.17. The van der Waals surface area contributed by atoms with Crippen LogP contribution in [-0.2, 0) is 0 Å². The van der Waals surface area contributed by atoms with Crippen molar-refractivity contribution in [3.8, 4) is 0 Å². The molecule has 1 saturated heterocycles. The van der Waals surface area contributed by atoms with Crippen molar-refractivity contribution in [2.75, 3.05) is 24.1 Å². The van der Waals surface area contributed by atoms with Gasteiger partial charge in [0.25, 0.3) is 5.91 Å². The van der Waals surface area contributed by atoms with E-state index in [0.29, 0.717) is 35.3 Å². The number of aromatic nitrogens is 2. The highest BCUT2D eigenvalue weighted by Gasteiger charge is 2.27. The zero-order valence-corrected chi connectivity index (χ0v) is 13.8. The van der Waals surface area contributed by atoms with Crippen molar-refractivity contribution < 1.29 is 4.79 Å². The van der Waals surface area contributed by atoms with Gasteiger partial charge in [0.1, 0.15) is 0 Å². The molecule has 1 fully saturated rings. The zero-order chi connectivity index (χ0) is 15.5. The Morgan fingerprint density at radius 2 is 1.91 bits per heavy atom. The van der Waals surface area contributed by atoms with Crippen LogP contribution in [0.4, 0.5) is 11.6 Å². The molecular weight excluding hydrogens is 337 g/mol. The van der Waals surface area contributed by atoms with E-state index < -0.39 is 0 Å². The molecule has 3 rings (SSSR count). The first kappa shape index (κ1) is 17.3. The van der Waals surface area contributed by atoms with Gasteiger partial charge in [-0.1, -0.05) is 11.6 Å². The molecule has 122 valence electrons. The molecule has 0 saturated carbocycles. The smallest absolute Gasteiger partial charge is 0.253 e. The van der Waals surface area contributed by atoms with Gasteiger partial charge < -0.3 is 16.0 Å². The third-order valence-electron chi connectivity index (χ3n) is 3.59. The van der Waals surface area contributed by atoms with Gasteiger partial charge in [0.2, 0.25) is 5.95 Å². The second-order valence-corrected chi connectivity index (χ2v) is 5.66. The lowest BCUT2D eigenvalue weighted by Gasteiger charge is -2.17. The van der Waals surface area contributed by atoms with E-state index in [1.165, 1.54) is 0 Å². The molecule has 2 heterocycles. The summed E-state index contributed by atoms with van der Waals surface area (Å²) < 4.78 is 0. The number of amides is 1. The molecule has 1 amide bonds. The Kier molecular flexibility index (Phi) is 5.63. The first-order chi connectivity index (χ1) is 10.6. The number of rotatable bonds is 3. The molecule has 1 aromatic carbocycles. The van der Waals surface area contributed by atoms with Gasteiger partial charge in [-0.15, -0.1) is 12.4 Å². The van der Waals surface area contributed by atoms with Crippen LogP contribution < -0.4 is 11.1 Å². The van der Waals surface area contributed by atoms with Crippen LogP contribution in [0.3, 0.4) is 0 Å². The lowest BCUT2D eigenvalue weighted by Crippen LogP contribution is -2.31. The van der Waals surface area contributed by atoms with Crippen LogP contribution in [-0.4, -0.2) is 39.9 Å². The number of carbonyl (C=O) groups excluding carboxylic acids is 1. The number of nitrogens with two attached hydrogens (primary N) is 1. The molecule has 0 aliphatic carbocycles. The molecule has 23 heavy (non-hydrogen) atoms. The molecule has 0 unspecified atom stereocenters. The van der Waals surface area contributed by atoms with Gasteiger partial charge >= 0.3 is 0 Å². The predicted molar refractivity (Wildman–Crippen MR) is 93.1 cm³/mol. The van der Waals surface area contributed by atoms with Crippen LogP contribution in [0.15, 0.2) is 36.7 Å². The minimum atomic E-state index is 0. The number of benzene rings is 1. The zero-order valence-electron chi connectivity index (χ0n) is 12.3. The van der Waals surface area contributed by atoms with Crippen molar-refractivity contribution in [1.29, 1.82) is 0 Å². The number of halogens is 2. The molecule has 1 aromatic heterocycles. The van der Waals surface area contributed by atoms with Gasteiger partial charge in [-0.05, 0) is 30.7 Å². The Hall–Kier alpha value is -2.05. The van der Waals surface area contributed by atoms with Crippen molar-refractivity contribution in [3.63, 3.8) is 0 Å². The van der Waals surface area contributed by atoms with Crippen molar-refractivity contribution >= 4 is 41.6 Å². The number of nitrogens with one attached hydrogen (secondary N) is 1. The highest BCUT2D eigenvalue weighted by atomic mass is 35.5. The Morgan fingerprint density at radius 1 is 1.26 bits per heavy atom. The van der Waals surface area contributed by atoms with E-state index in [0.717, 1.165) is 6.42 Å². The lowest BCUT2D eigenvalue weighted by molar-refractivity contribution is 0.0791. The molecule has 0 radical (unpaired) electrons. The molecule has 0 spiro atoms. The molecule has 8 heteroatoms. The number of nitrogens with zero attached hydrogens (tertiary/aromatic N) is 3. The maximum absolute atomic E-state index is 12.4. The van der Waals surface area contributed by atoms with Crippen molar-refractivity contribution in [3.05, 3.63) is 47.2 Å². The van der Waals surface area contributed by atoms with Crippen molar-refractivity contribution in [2.45, 2.75) is 12.5 Å². The molecule has 1 aliphatic rings. The van der Waals surface area contributed by atoms with Crippen LogP contribution >= 0.6 is 24.0 Å². The number of hydrogen-bond acceptors (Lipinski definition) is 5. The fraction of sp³-hybridized carbons (Fsp3) is 0.267. The Morgan fingerprint density at radius 3 is 2.57 bits per heavy atom. The quantitative estimate of drug-likeness (QED) is 0.828. The topological polar surface area (TPSA) is 84.1 Å². The second-order valence-electron chi connectivity index (χ2n) is 5.23. The first-order valence-electron chi connectivity index (χ1n) is 7.01. The average Bonchev–Trinajstić information content (AvgIpc) is 2.98. The van der Waals surface area contributed by atoms with E-state index in [1.54, 1.807) is 36.7 Å². The van der Waals surface area contributed by atoms with E-state index in [9.17, 15) is 4.79 Å². The lowest BCUT2D eigenvalue weighted by atomic mass is 10.2. The van der Waals surface area contributed by atoms with Gasteiger partial charge in [-0.25, -0.2) is 9.97 Å². The summed E-state index contributed by atoms with van der Waals surface area (Å²) in [5.41, 5.74) is 6.94. The molecule has 3 N–H and O–H groups in total. The molecule has 1 aliphatic heterocycles. The van der Waals surface area contributed by atoms with E-state index in [2.05, 4.69) is 15.3 Å². The highest BCUT2D eigenvalue weighted by molar-refractivity contribution is 6.30. The number of nitrogen functional groups attached to an aromatic ring is 1. The summed E-state index contributed by atoms with van der Waals surface area (Å²) >= 11 is 5.76. The maximum atomic E-state index is 12.4. The normalized spacial score (nSPS) is 16.7. The summed E-state index contributed by atoms with van der Waals surface area (Å²) in [5, 5.41) is 3.72. The summed E-state index contributed by atoms with van der Waals surface area (Å²) in [6.45, 7) is 1.32. The van der Waals surface area contributed by atoms with Crippen LogP contribution in [0.25, 0.3) is 0 Å². The van der Waals surface area contributed by atoms with Gasteiger partial charge in [-0.2, -0.15) is 0 Å². The summed E-state index contributed by atoms with van der Waals surface area (Å²) in [4.78, 5) is 22.4. The van der Waals surface area contributed by atoms with E-state index in [1.807, 2.05) is 4.90 Å². The largest absolute Gasteiger partial charge is 0.399 e. The monoisotopic (exact) mass is 353 g/mol. The SMILES string of the molecule is Cl.Nc1ccc(C(=O)N2CC[C@H](Nc3ncc(Cl)cn3)C2)cc1. The number of likely N-dealkylation sites (tertiary alicyclic amines) is 1. The Balaban J connectivity index is 0.00000192. The summed E-state index contributed by atoms with van der Waals surface area (Å²) in [5.74, 6) is 0.539. The van der Waals surface area contributed by atoms with E-state index >= 15 is 0 Å². The summed E-state index contributed by atoms with van der Waals surface area (Å²) in [6, 6.07) is 7.11. The summed E-state index contributed by atoms with van der Waals surface area (Å²) in [6.07, 6.45) is 3.94. The molecule has 0 bridgehead atoms. The first-order valence-corrected chi connectivity index (χ1v) is 7.38. The second kappa shape index (κ2) is 7.48. The number of carbonyl (C=O) groups is 1. The van der Waals surface area contributed by atoms with Gasteiger partial charge in [0.05, 0.1) is 17.4 Å². The molecule has 6 nitrogen and oxygen atoms in total. The van der Waals surface area contributed by atoms with Gasteiger partial charge in [0, 0.05) is 30.4 Å². The summed E-state index contributed by atoms with van der Waals surface area (Å²) in [7, 11) is 0. The minimum Gasteiger partial charge on any atom is -0.399 e. The molecule has 2 aromatic rings. The van der Waals surface area contributed by atoms with Gasteiger partial charge in [0.15, 0.2) is 0 Å². The average molecular weight is 354 g/mol. The van der Waals surface area contributed by atoms with Crippen molar-refractivity contribution in [2.24, 2.45) is 0 Å².